The molecule has 7 nitrogen and oxygen atoms in total. The Kier molecular flexibility index (Phi) is 5.02. The molecular formula is C21H20FN3O4. The van der Waals surface area contributed by atoms with Gasteiger partial charge in [0.1, 0.15) is 24.0 Å². The average molecular weight is 397 g/mol. The largest absolute Gasteiger partial charge is 0.438 e. The summed E-state index contributed by atoms with van der Waals surface area (Å²) in [6.07, 6.45) is -0.994. The van der Waals surface area contributed by atoms with Crippen LogP contribution in [-0.2, 0) is 14.3 Å². The summed E-state index contributed by atoms with van der Waals surface area (Å²) < 4.78 is 25.0. The summed E-state index contributed by atoms with van der Waals surface area (Å²) in [5, 5.41) is 2.82. The number of nitrogens with one attached hydrogen (secondary N) is 1. The van der Waals surface area contributed by atoms with Crippen molar-refractivity contribution in [3.8, 4) is 0 Å². The smallest absolute Gasteiger partial charge is 0.252 e. The highest BCUT2D eigenvalue weighted by molar-refractivity contribution is 5.86. The molecule has 1 N–H and O–H groups in total. The van der Waals surface area contributed by atoms with E-state index in [1.54, 1.807) is 26.1 Å². The van der Waals surface area contributed by atoms with Crippen LogP contribution in [0, 0.1) is 5.82 Å². The average Bonchev–Trinajstić information content (AvgIpc) is 3.14. The minimum Gasteiger partial charge on any atom is -0.438 e. The van der Waals surface area contributed by atoms with Crippen LogP contribution in [0.4, 0.5) is 4.39 Å². The second-order valence-electron chi connectivity index (χ2n) is 6.99. The highest BCUT2D eigenvalue weighted by Gasteiger charge is 2.40. The fourth-order valence-electron chi connectivity index (χ4n) is 3.45. The van der Waals surface area contributed by atoms with E-state index < -0.39 is 29.9 Å². The van der Waals surface area contributed by atoms with Crippen molar-refractivity contribution in [2.45, 2.75) is 25.1 Å². The number of hydrogen-bond acceptors (Lipinski definition) is 5. The Morgan fingerprint density at radius 3 is 2.83 bits per heavy atom. The van der Waals surface area contributed by atoms with Gasteiger partial charge in [0.05, 0.1) is 6.04 Å². The van der Waals surface area contributed by atoms with Gasteiger partial charge in [0.25, 0.3) is 5.91 Å². The van der Waals surface area contributed by atoms with Crippen LogP contribution < -0.4 is 5.32 Å². The molecule has 3 unspecified atom stereocenters. The van der Waals surface area contributed by atoms with Crippen molar-refractivity contribution in [1.82, 2.24) is 15.2 Å². The predicted molar refractivity (Wildman–Crippen MR) is 102 cm³/mol. The SMILES string of the molecule is CC(NC(=O)C1OCC(=O)N(C)C1c1cccc(F)c1)c1nc2ccccc2o1. The van der Waals surface area contributed by atoms with Gasteiger partial charge in [-0.15, -0.1) is 0 Å². The molecule has 2 amide bonds. The molecule has 0 aliphatic carbocycles. The van der Waals surface area contributed by atoms with Crippen LogP contribution in [0.1, 0.15) is 30.5 Å². The fraction of sp³-hybridized carbons (Fsp3) is 0.286. The number of para-hydroxylation sites is 2. The first-order valence-corrected chi connectivity index (χ1v) is 9.22. The number of benzene rings is 2. The van der Waals surface area contributed by atoms with Gasteiger partial charge in [-0.1, -0.05) is 24.3 Å². The summed E-state index contributed by atoms with van der Waals surface area (Å²) in [5.41, 5.74) is 1.80. The summed E-state index contributed by atoms with van der Waals surface area (Å²) in [7, 11) is 1.57. The van der Waals surface area contributed by atoms with Crippen molar-refractivity contribution < 1.29 is 23.1 Å². The van der Waals surface area contributed by atoms with Crippen molar-refractivity contribution >= 4 is 22.9 Å². The maximum absolute atomic E-state index is 13.7. The first-order chi connectivity index (χ1) is 13.9. The number of nitrogens with zero attached hydrogens (tertiary/aromatic N) is 2. The van der Waals surface area contributed by atoms with Crippen LogP contribution in [0.3, 0.4) is 0 Å². The number of aromatic nitrogens is 1. The predicted octanol–water partition coefficient (Wildman–Crippen LogP) is 2.74. The third-order valence-corrected chi connectivity index (χ3v) is 4.97. The normalized spacial score (nSPS) is 20.7. The summed E-state index contributed by atoms with van der Waals surface area (Å²) >= 11 is 0. The Labute approximate surface area is 166 Å². The number of carbonyl (C=O) groups excluding carboxylic acids is 2. The number of rotatable bonds is 4. The second kappa shape index (κ2) is 7.63. The van der Waals surface area contributed by atoms with E-state index in [-0.39, 0.29) is 12.5 Å². The number of amides is 2. The third-order valence-electron chi connectivity index (χ3n) is 4.97. The van der Waals surface area contributed by atoms with Crippen LogP contribution >= 0.6 is 0 Å². The molecule has 2 heterocycles. The highest BCUT2D eigenvalue weighted by Crippen LogP contribution is 2.30. The minimum atomic E-state index is -0.994. The molecule has 1 saturated heterocycles. The van der Waals surface area contributed by atoms with E-state index in [9.17, 15) is 14.0 Å². The molecule has 3 aromatic rings. The molecule has 150 valence electrons. The molecule has 4 rings (SSSR count). The van der Waals surface area contributed by atoms with Crippen LogP contribution in [0.15, 0.2) is 52.9 Å². The Balaban J connectivity index is 1.57. The zero-order valence-corrected chi connectivity index (χ0v) is 16.0. The number of fused-ring (bicyclic) bond motifs is 1. The van der Waals surface area contributed by atoms with Gasteiger partial charge in [0, 0.05) is 7.05 Å². The molecule has 3 atom stereocenters. The molecule has 0 spiro atoms. The van der Waals surface area contributed by atoms with E-state index in [1.807, 2.05) is 18.2 Å². The molecule has 8 heteroatoms. The second-order valence-corrected chi connectivity index (χ2v) is 6.99. The molecule has 0 bridgehead atoms. The van der Waals surface area contributed by atoms with Gasteiger partial charge < -0.3 is 19.4 Å². The lowest BCUT2D eigenvalue weighted by atomic mass is 9.97. The monoisotopic (exact) mass is 397 g/mol. The first kappa shape index (κ1) is 19.1. The van der Waals surface area contributed by atoms with E-state index in [2.05, 4.69) is 10.3 Å². The molecular weight excluding hydrogens is 377 g/mol. The summed E-state index contributed by atoms with van der Waals surface area (Å²) in [6.45, 7) is 1.52. The zero-order chi connectivity index (χ0) is 20.5. The van der Waals surface area contributed by atoms with Gasteiger partial charge >= 0.3 is 0 Å². The molecule has 1 aliphatic rings. The third kappa shape index (κ3) is 3.71. The minimum absolute atomic E-state index is 0.225. The summed E-state index contributed by atoms with van der Waals surface area (Å²) in [5.74, 6) is -0.807. The van der Waals surface area contributed by atoms with Crippen LogP contribution in [-0.4, -0.2) is 41.5 Å². The van der Waals surface area contributed by atoms with Gasteiger partial charge in [0.15, 0.2) is 11.7 Å². The molecule has 0 saturated carbocycles. The van der Waals surface area contributed by atoms with Crippen molar-refractivity contribution in [2.24, 2.45) is 0 Å². The highest BCUT2D eigenvalue weighted by atomic mass is 19.1. The molecule has 29 heavy (non-hydrogen) atoms. The standard InChI is InChI=1S/C21H20FN3O4/c1-12(21-24-15-8-3-4-9-16(15)29-21)23-20(27)19-18(25(2)17(26)11-28-19)13-6-5-7-14(22)10-13/h3-10,12,18-19H,11H2,1-2H3,(H,23,27). The number of hydrogen-bond donors (Lipinski definition) is 1. The van der Waals surface area contributed by atoms with E-state index in [4.69, 9.17) is 9.15 Å². The first-order valence-electron chi connectivity index (χ1n) is 9.22. The van der Waals surface area contributed by atoms with Crippen LogP contribution in [0.25, 0.3) is 11.1 Å². The Bertz CT molecular complexity index is 1030. The molecule has 2 aromatic carbocycles. The lowest BCUT2D eigenvalue weighted by Gasteiger charge is -2.38. The van der Waals surface area contributed by atoms with E-state index in [0.29, 0.717) is 22.6 Å². The Morgan fingerprint density at radius 1 is 1.28 bits per heavy atom. The maximum Gasteiger partial charge on any atom is 0.252 e. The number of ether oxygens (including phenoxy) is 1. The van der Waals surface area contributed by atoms with Gasteiger partial charge in [-0.3, -0.25) is 9.59 Å². The van der Waals surface area contributed by atoms with Crippen molar-refractivity contribution in [1.29, 1.82) is 0 Å². The van der Waals surface area contributed by atoms with E-state index >= 15 is 0 Å². The van der Waals surface area contributed by atoms with Crippen molar-refractivity contribution in [2.75, 3.05) is 13.7 Å². The van der Waals surface area contributed by atoms with Gasteiger partial charge in [0.2, 0.25) is 11.8 Å². The lowest BCUT2D eigenvalue weighted by molar-refractivity contribution is -0.162. The number of oxazole rings is 1. The van der Waals surface area contributed by atoms with Gasteiger partial charge in [-0.2, -0.15) is 0 Å². The number of halogens is 1. The van der Waals surface area contributed by atoms with E-state index in [0.717, 1.165) is 0 Å². The molecule has 1 aliphatic heterocycles. The lowest BCUT2D eigenvalue weighted by Crippen LogP contribution is -2.53. The number of likely N-dealkylation sites (N-methyl/N-ethyl adjacent to an activating group) is 1. The molecule has 1 fully saturated rings. The summed E-state index contributed by atoms with van der Waals surface area (Å²) in [4.78, 5) is 30.9. The quantitative estimate of drug-likeness (QED) is 0.732. The van der Waals surface area contributed by atoms with Crippen molar-refractivity contribution in [3.63, 3.8) is 0 Å². The molecule has 0 radical (unpaired) electrons. The fourth-order valence-corrected chi connectivity index (χ4v) is 3.45. The zero-order valence-electron chi connectivity index (χ0n) is 16.0. The Morgan fingerprint density at radius 2 is 2.07 bits per heavy atom. The van der Waals surface area contributed by atoms with E-state index in [1.165, 1.54) is 23.1 Å². The number of carbonyl (C=O) groups is 2. The van der Waals surface area contributed by atoms with Crippen LogP contribution in [0.5, 0.6) is 0 Å². The Hall–Kier alpha value is -3.26. The number of morpholine rings is 1. The maximum atomic E-state index is 13.7. The molecule has 1 aromatic heterocycles. The van der Waals surface area contributed by atoms with Gasteiger partial charge in [-0.05, 0) is 36.8 Å². The van der Waals surface area contributed by atoms with Crippen LogP contribution in [0.2, 0.25) is 0 Å². The topological polar surface area (TPSA) is 84.7 Å². The van der Waals surface area contributed by atoms with Gasteiger partial charge in [-0.25, -0.2) is 9.37 Å². The van der Waals surface area contributed by atoms with Crippen molar-refractivity contribution in [3.05, 3.63) is 65.8 Å². The summed E-state index contributed by atoms with van der Waals surface area (Å²) in [6, 6.07) is 11.8.